The summed E-state index contributed by atoms with van der Waals surface area (Å²) in [4.78, 5) is 47.4. The van der Waals surface area contributed by atoms with Crippen LogP contribution in [0.5, 0.6) is 0 Å². The fraction of sp³-hybridized carbons (Fsp3) is 0.600. The lowest BCUT2D eigenvalue weighted by Gasteiger charge is -2.42. The molecule has 3 heterocycles. The highest BCUT2D eigenvalue weighted by Crippen LogP contribution is 2.29. The highest BCUT2D eigenvalue weighted by atomic mass is 16.5. The second-order valence-corrected chi connectivity index (χ2v) is 7.94. The van der Waals surface area contributed by atoms with Crippen molar-refractivity contribution in [2.75, 3.05) is 45.2 Å². The molecule has 158 valence electrons. The fourth-order valence-electron chi connectivity index (χ4n) is 3.95. The zero-order valence-corrected chi connectivity index (χ0v) is 17.2. The smallest absolute Gasteiger partial charge is 0.321 e. The van der Waals surface area contributed by atoms with E-state index < -0.39 is 6.04 Å². The predicted molar refractivity (Wildman–Crippen MR) is 107 cm³/mol. The van der Waals surface area contributed by atoms with Crippen molar-refractivity contribution in [3.05, 3.63) is 24.5 Å². The lowest BCUT2D eigenvalue weighted by atomic mass is 9.97. The molecule has 1 aromatic heterocycles. The number of pyridine rings is 1. The van der Waals surface area contributed by atoms with Crippen molar-refractivity contribution < 1.29 is 19.1 Å². The van der Waals surface area contributed by atoms with Crippen LogP contribution in [0.15, 0.2) is 24.5 Å². The number of hydrogen-bond donors (Lipinski definition) is 1. The van der Waals surface area contributed by atoms with E-state index in [9.17, 15) is 14.4 Å². The number of anilines is 1. The third-order valence-corrected chi connectivity index (χ3v) is 5.22. The van der Waals surface area contributed by atoms with Crippen molar-refractivity contribution in [3.8, 4) is 0 Å². The molecule has 0 saturated carbocycles. The summed E-state index contributed by atoms with van der Waals surface area (Å²) in [5.41, 5.74) is 0.584. The monoisotopic (exact) mass is 403 g/mol. The molecule has 2 saturated heterocycles. The number of ether oxygens (including phenoxy) is 1. The Balaban J connectivity index is 1.70. The number of fused-ring (bicyclic) bond motifs is 1. The number of hydrogen-bond acceptors (Lipinski definition) is 5. The normalized spacial score (nSPS) is 21.7. The fourth-order valence-corrected chi connectivity index (χ4v) is 3.95. The Bertz CT molecular complexity index is 742. The quantitative estimate of drug-likeness (QED) is 0.700. The minimum atomic E-state index is -0.496. The Morgan fingerprint density at radius 2 is 2.07 bits per heavy atom. The Kier molecular flexibility index (Phi) is 6.68. The average molecular weight is 403 g/mol. The number of piperazine rings is 1. The first-order chi connectivity index (χ1) is 13.9. The van der Waals surface area contributed by atoms with Gasteiger partial charge in [0.05, 0.1) is 24.5 Å². The number of rotatable bonds is 8. The van der Waals surface area contributed by atoms with Crippen molar-refractivity contribution in [1.82, 2.24) is 19.7 Å². The van der Waals surface area contributed by atoms with Gasteiger partial charge in [-0.3, -0.25) is 14.6 Å². The standard InChI is InChI=1S/C20H29N5O4/c1-14(2)9-17-19(27)23(7-8-29-3)11-16-12-24(20(28)25(16)17)13-18(26)22-15-5-4-6-21-10-15/h4-6,10,14,16-17H,7-9,11-13H2,1-3H3,(H,22,26)/t16-,17-/m0/s1. The third-order valence-electron chi connectivity index (χ3n) is 5.22. The number of nitrogens with one attached hydrogen (secondary N) is 1. The van der Waals surface area contributed by atoms with Crippen molar-refractivity contribution in [3.63, 3.8) is 0 Å². The van der Waals surface area contributed by atoms with E-state index in [0.717, 1.165) is 0 Å². The molecule has 2 aliphatic heterocycles. The van der Waals surface area contributed by atoms with Gasteiger partial charge in [-0.1, -0.05) is 13.8 Å². The van der Waals surface area contributed by atoms with Gasteiger partial charge in [0.25, 0.3) is 0 Å². The van der Waals surface area contributed by atoms with E-state index in [4.69, 9.17) is 4.74 Å². The van der Waals surface area contributed by atoms with Crippen molar-refractivity contribution in [2.45, 2.75) is 32.4 Å². The van der Waals surface area contributed by atoms with Crippen LogP contribution in [0.1, 0.15) is 20.3 Å². The van der Waals surface area contributed by atoms with Crippen LogP contribution in [0.25, 0.3) is 0 Å². The molecule has 0 spiro atoms. The summed E-state index contributed by atoms with van der Waals surface area (Å²) in [6.45, 7) is 5.86. The minimum absolute atomic E-state index is 0.0398. The maximum Gasteiger partial charge on any atom is 0.321 e. The molecule has 1 aromatic rings. The van der Waals surface area contributed by atoms with Gasteiger partial charge in [-0.05, 0) is 24.5 Å². The van der Waals surface area contributed by atoms with Gasteiger partial charge in [-0.2, -0.15) is 0 Å². The Hall–Kier alpha value is -2.68. The number of amides is 4. The summed E-state index contributed by atoms with van der Waals surface area (Å²) in [5.74, 6) is -0.0566. The molecule has 1 N–H and O–H groups in total. The minimum Gasteiger partial charge on any atom is -0.383 e. The molecule has 0 unspecified atom stereocenters. The summed E-state index contributed by atoms with van der Waals surface area (Å²) in [6, 6.07) is 2.61. The lowest BCUT2D eigenvalue weighted by molar-refractivity contribution is -0.143. The van der Waals surface area contributed by atoms with Crippen molar-refractivity contribution >= 4 is 23.5 Å². The number of nitrogens with zero attached hydrogens (tertiary/aromatic N) is 4. The highest BCUT2D eigenvalue weighted by molar-refractivity contribution is 5.96. The molecule has 0 bridgehead atoms. The van der Waals surface area contributed by atoms with Crippen LogP contribution in [-0.2, 0) is 14.3 Å². The van der Waals surface area contributed by atoms with E-state index >= 15 is 0 Å². The molecule has 0 aliphatic carbocycles. The van der Waals surface area contributed by atoms with Gasteiger partial charge in [0.15, 0.2) is 0 Å². The Morgan fingerprint density at radius 3 is 2.72 bits per heavy atom. The maximum absolute atomic E-state index is 13.0. The topological polar surface area (TPSA) is 95.1 Å². The average Bonchev–Trinajstić information content (AvgIpc) is 2.98. The molecule has 4 amide bonds. The zero-order valence-electron chi connectivity index (χ0n) is 17.2. The molecular formula is C20H29N5O4. The molecule has 9 nitrogen and oxygen atoms in total. The number of aromatic nitrogens is 1. The molecule has 3 rings (SSSR count). The van der Waals surface area contributed by atoms with Gasteiger partial charge in [0.2, 0.25) is 11.8 Å². The summed E-state index contributed by atoms with van der Waals surface area (Å²) < 4.78 is 5.13. The van der Waals surface area contributed by atoms with Crippen LogP contribution >= 0.6 is 0 Å². The van der Waals surface area contributed by atoms with Crippen LogP contribution < -0.4 is 5.32 Å². The first kappa shape index (κ1) is 21.0. The van der Waals surface area contributed by atoms with Gasteiger partial charge >= 0.3 is 6.03 Å². The van der Waals surface area contributed by atoms with E-state index in [1.165, 1.54) is 4.90 Å². The van der Waals surface area contributed by atoms with Crippen LogP contribution in [0.3, 0.4) is 0 Å². The van der Waals surface area contributed by atoms with Crippen LogP contribution in [0.4, 0.5) is 10.5 Å². The number of methoxy groups -OCH3 is 1. The SMILES string of the molecule is COCCN1C[C@H]2CN(CC(=O)Nc3cccnc3)C(=O)N2[C@@H](CC(C)C)C1=O. The second kappa shape index (κ2) is 9.21. The first-order valence-corrected chi connectivity index (χ1v) is 9.95. The Labute approximate surface area is 171 Å². The summed E-state index contributed by atoms with van der Waals surface area (Å²) in [7, 11) is 1.61. The Morgan fingerprint density at radius 1 is 1.31 bits per heavy atom. The second-order valence-electron chi connectivity index (χ2n) is 7.94. The lowest BCUT2D eigenvalue weighted by Crippen LogP contribution is -2.61. The molecule has 2 aliphatic rings. The molecule has 2 atom stereocenters. The molecule has 2 fully saturated rings. The van der Waals surface area contributed by atoms with Gasteiger partial charge in [0.1, 0.15) is 12.6 Å². The zero-order chi connectivity index (χ0) is 21.0. The van der Waals surface area contributed by atoms with E-state index in [-0.39, 0.29) is 36.3 Å². The van der Waals surface area contributed by atoms with Gasteiger partial charge in [0, 0.05) is 32.9 Å². The van der Waals surface area contributed by atoms with Gasteiger partial charge < -0.3 is 24.8 Å². The predicted octanol–water partition coefficient (Wildman–Crippen LogP) is 1.03. The van der Waals surface area contributed by atoms with E-state index in [1.807, 2.05) is 13.8 Å². The first-order valence-electron chi connectivity index (χ1n) is 9.95. The number of urea groups is 1. The number of carbonyl (C=O) groups is 3. The van der Waals surface area contributed by atoms with Gasteiger partial charge in [-0.15, -0.1) is 0 Å². The maximum atomic E-state index is 13.0. The van der Waals surface area contributed by atoms with Crippen LogP contribution in [0, 0.1) is 5.92 Å². The molecular weight excluding hydrogens is 374 g/mol. The highest BCUT2D eigenvalue weighted by Gasteiger charge is 2.49. The largest absolute Gasteiger partial charge is 0.383 e. The molecule has 9 heteroatoms. The summed E-state index contributed by atoms with van der Waals surface area (Å²) in [5, 5.41) is 2.75. The van der Waals surface area contributed by atoms with Crippen LogP contribution in [0.2, 0.25) is 0 Å². The number of carbonyl (C=O) groups excluding carboxylic acids is 3. The van der Waals surface area contributed by atoms with Gasteiger partial charge in [-0.25, -0.2) is 4.79 Å². The molecule has 0 radical (unpaired) electrons. The molecule has 29 heavy (non-hydrogen) atoms. The van der Waals surface area contributed by atoms with Crippen molar-refractivity contribution in [1.29, 1.82) is 0 Å². The van der Waals surface area contributed by atoms with E-state index in [2.05, 4.69) is 10.3 Å². The third kappa shape index (κ3) is 4.84. The summed E-state index contributed by atoms with van der Waals surface area (Å²) in [6.07, 6.45) is 3.77. The van der Waals surface area contributed by atoms with E-state index in [0.29, 0.717) is 38.3 Å². The van der Waals surface area contributed by atoms with E-state index in [1.54, 1.807) is 41.4 Å². The summed E-state index contributed by atoms with van der Waals surface area (Å²) >= 11 is 0. The van der Waals surface area contributed by atoms with Crippen LogP contribution in [-0.4, -0.2) is 89.5 Å². The molecule has 0 aromatic carbocycles. The van der Waals surface area contributed by atoms with Crippen molar-refractivity contribution in [2.24, 2.45) is 5.92 Å².